The fraction of sp³-hybridized carbons (Fsp3) is 0.0714. The molecule has 0 unspecified atom stereocenters. The van der Waals surface area contributed by atoms with Crippen LogP contribution in [0, 0.1) is 11.2 Å². The minimum atomic E-state index is -3.80. The van der Waals surface area contributed by atoms with E-state index in [-0.39, 0.29) is 10.7 Å². The zero-order chi connectivity index (χ0) is 15.6. The first kappa shape index (κ1) is 15.0. The molecule has 3 N–H and O–H groups in total. The van der Waals surface area contributed by atoms with Crippen LogP contribution in [0.15, 0.2) is 53.4 Å². The molecule has 0 saturated heterocycles. The summed E-state index contributed by atoms with van der Waals surface area (Å²) in [7, 11) is -2.41. The van der Waals surface area contributed by atoms with E-state index in [2.05, 4.69) is 0 Å². The Morgan fingerprint density at radius 3 is 2.38 bits per heavy atom. The van der Waals surface area contributed by atoms with Crippen LogP contribution in [0.25, 0.3) is 0 Å². The van der Waals surface area contributed by atoms with Gasteiger partial charge in [-0.05, 0) is 36.4 Å². The van der Waals surface area contributed by atoms with Crippen molar-refractivity contribution >= 4 is 21.5 Å². The molecule has 0 heterocycles. The van der Waals surface area contributed by atoms with Gasteiger partial charge in [0.25, 0.3) is 10.0 Å². The van der Waals surface area contributed by atoms with Crippen molar-refractivity contribution in [2.75, 3.05) is 11.4 Å². The molecule has 0 aromatic heterocycles. The van der Waals surface area contributed by atoms with E-state index >= 15 is 0 Å². The van der Waals surface area contributed by atoms with Gasteiger partial charge in [-0.15, -0.1) is 0 Å². The normalized spacial score (nSPS) is 11.1. The van der Waals surface area contributed by atoms with Crippen LogP contribution < -0.4 is 10.0 Å². The Bertz CT molecular complexity index is 773. The summed E-state index contributed by atoms with van der Waals surface area (Å²) < 4.78 is 38.8. The van der Waals surface area contributed by atoms with E-state index in [4.69, 9.17) is 11.1 Å². The first-order valence-electron chi connectivity index (χ1n) is 6.01. The molecule has 0 amide bonds. The van der Waals surface area contributed by atoms with Crippen LogP contribution in [0.1, 0.15) is 5.56 Å². The highest BCUT2D eigenvalue weighted by atomic mass is 32.2. The molecule has 2 aromatic rings. The van der Waals surface area contributed by atoms with Gasteiger partial charge in [0.15, 0.2) is 0 Å². The molecule has 0 spiro atoms. The molecule has 5 nitrogen and oxygen atoms in total. The maximum absolute atomic E-state index is 12.9. The maximum Gasteiger partial charge on any atom is 0.264 e. The molecule has 0 fully saturated rings. The molecule has 2 rings (SSSR count). The number of nitrogens with two attached hydrogens (primary N) is 1. The first-order chi connectivity index (χ1) is 9.82. The van der Waals surface area contributed by atoms with Crippen molar-refractivity contribution in [1.29, 1.82) is 5.41 Å². The smallest absolute Gasteiger partial charge is 0.264 e. The van der Waals surface area contributed by atoms with Gasteiger partial charge in [-0.2, -0.15) is 0 Å². The number of sulfonamides is 1. The predicted octanol–water partition coefficient (Wildman–Crippen LogP) is 1.93. The molecule has 2 aromatic carbocycles. The highest BCUT2D eigenvalue weighted by Crippen LogP contribution is 2.23. The van der Waals surface area contributed by atoms with Gasteiger partial charge in [0, 0.05) is 12.6 Å². The van der Waals surface area contributed by atoms with Crippen molar-refractivity contribution in [3.63, 3.8) is 0 Å². The lowest BCUT2D eigenvalue weighted by Crippen LogP contribution is -2.27. The molecule has 0 bridgehead atoms. The molecule has 0 radical (unpaired) electrons. The van der Waals surface area contributed by atoms with Crippen molar-refractivity contribution in [3.8, 4) is 0 Å². The van der Waals surface area contributed by atoms with E-state index in [0.717, 1.165) is 16.4 Å². The molecule has 0 aliphatic heterocycles. The summed E-state index contributed by atoms with van der Waals surface area (Å²) in [5.74, 6) is -0.653. The van der Waals surface area contributed by atoms with Crippen LogP contribution in [0.3, 0.4) is 0 Å². The zero-order valence-corrected chi connectivity index (χ0v) is 12.1. The second kappa shape index (κ2) is 5.53. The molecule has 0 aliphatic rings. The number of benzene rings is 2. The second-order valence-electron chi connectivity index (χ2n) is 4.39. The van der Waals surface area contributed by atoms with Gasteiger partial charge in [-0.3, -0.25) is 9.71 Å². The van der Waals surface area contributed by atoms with Crippen LogP contribution in [0.4, 0.5) is 10.1 Å². The van der Waals surface area contributed by atoms with Gasteiger partial charge < -0.3 is 5.73 Å². The molecule has 0 aliphatic carbocycles. The van der Waals surface area contributed by atoms with Gasteiger partial charge >= 0.3 is 0 Å². The summed E-state index contributed by atoms with van der Waals surface area (Å²) >= 11 is 0. The average Bonchev–Trinajstić information content (AvgIpc) is 2.47. The Kier molecular flexibility index (Phi) is 3.95. The lowest BCUT2D eigenvalue weighted by molar-refractivity contribution is 0.593. The summed E-state index contributed by atoms with van der Waals surface area (Å²) in [5, 5.41) is 7.38. The lowest BCUT2D eigenvalue weighted by Gasteiger charge is -2.20. The van der Waals surface area contributed by atoms with Gasteiger partial charge in [0.05, 0.1) is 10.6 Å². The summed E-state index contributed by atoms with van der Waals surface area (Å²) in [6.45, 7) is 0. The van der Waals surface area contributed by atoms with E-state index in [1.807, 2.05) is 0 Å². The zero-order valence-electron chi connectivity index (χ0n) is 11.2. The van der Waals surface area contributed by atoms with Crippen LogP contribution in [0.5, 0.6) is 0 Å². The average molecular weight is 307 g/mol. The topological polar surface area (TPSA) is 87.2 Å². The van der Waals surface area contributed by atoms with E-state index in [1.54, 1.807) is 18.2 Å². The second-order valence-corrected chi connectivity index (χ2v) is 6.36. The maximum atomic E-state index is 12.9. The third-order valence-electron chi connectivity index (χ3n) is 2.99. The summed E-state index contributed by atoms with van der Waals surface area (Å²) in [6.07, 6.45) is 0. The molecule has 7 heteroatoms. The molecule has 0 saturated carbocycles. The number of rotatable bonds is 4. The summed E-state index contributed by atoms with van der Waals surface area (Å²) in [4.78, 5) is -0.0142. The molecular formula is C14H14FN3O2S. The lowest BCUT2D eigenvalue weighted by atomic mass is 10.2. The Morgan fingerprint density at radius 2 is 1.81 bits per heavy atom. The summed E-state index contributed by atoms with van der Waals surface area (Å²) in [6, 6.07) is 10.9. The third kappa shape index (κ3) is 3.03. The van der Waals surface area contributed by atoms with Crippen molar-refractivity contribution in [3.05, 3.63) is 59.9 Å². The molecule has 0 atom stereocenters. The first-order valence-corrected chi connectivity index (χ1v) is 7.45. The van der Waals surface area contributed by atoms with E-state index in [1.165, 1.54) is 25.2 Å². The highest BCUT2D eigenvalue weighted by molar-refractivity contribution is 7.92. The number of amidine groups is 1. The minimum Gasteiger partial charge on any atom is -0.384 e. The van der Waals surface area contributed by atoms with Crippen LogP contribution in [-0.2, 0) is 10.0 Å². The van der Waals surface area contributed by atoms with Crippen molar-refractivity contribution in [2.45, 2.75) is 4.90 Å². The predicted molar refractivity (Wildman–Crippen MR) is 79.4 cm³/mol. The number of hydrogen-bond donors (Lipinski definition) is 2. The Balaban J connectivity index is 2.43. The quantitative estimate of drug-likeness (QED) is 0.668. The third-order valence-corrected chi connectivity index (χ3v) is 4.79. The van der Waals surface area contributed by atoms with Crippen LogP contribution >= 0.6 is 0 Å². The monoisotopic (exact) mass is 307 g/mol. The fourth-order valence-electron chi connectivity index (χ4n) is 1.77. The van der Waals surface area contributed by atoms with Gasteiger partial charge in [-0.25, -0.2) is 12.8 Å². The van der Waals surface area contributed by atoms with Crippen molar-refractivity contribution in [2.24, 2.45) is 5.73 Å². The van der Waals surface area contributed by atoms with Crippen molar-refractivity contribution < 1.29 is 12.8 Å². The SMILES string of the molecule is CN(c1cccc(C(=N)N)c1)S(=O)(=O)c1ccc(F)cc1. The van der Waals surface area contributed by atoms with E-state index < -0.39 is 15.8 Å². The van der Waals surface area contributed by atoms with Gasteiger partial charge in [-0.1, -0.05) is 12.1 Å². The highest BCUT2D eigenvalue weighted by Gasteiger charge is 2.21. The molecule has 21 heavy (non-hydrogen) atoms. The number of nitrogen functional groups attached to an aromatic ring is 1. The Morgan fingerprint density at radius 1 is 1.19 bits per heavy atom. The number of nitrogens with zero attached hydrogens (tertiary/aromatic N) is 1. The minimum absolute atomic E-state index is 0.0142. The van der Waals surface area contributed by atoms with E-state index in [9.17, 15) is 12.8 Å². The number of hydrogen-bond acceptors (Lipinski definition) is 3. The number of halogens is 1. The summed E-state index contributed by atoms with van der Waals surface area (Å²) in [5.41, 5.74) is 6.19. The fourth-order valence-corrected chi connectivity index (χ4v) is 2.96. The number of anilines is 1. The number of nitrogens with one attached hydrogen (secondary N) is 1. The van der Waals surface area contributed by atoms with Crippen LogP contribution in [0.2, 0.25) is 0 Å². The van der Waals surface area contributed by atoms with Gasteiger partial charge in [0.1, 0.15) is 11.7 Å². The van der Waals surface area contributed by atoms with Gasteiger partial charge in [0.2, 0.25) is 0 Å². The van der Waals surface area contributed by atoms with Crippen molar-refractivity contribution in [1.82, 2.24) is 0 Å². The molecule has 110 valence electrons. The largest absolute Gasteiger partial charge is 0.384 e. The molecular weight excluding hydrogens is 293 g/mol. The standard InChI is InChI=1S/C14H14FN3O2S/c1-18(12-4-2-3-10(9-12)14(16)17)21(19,20)13-7-5-11(15)6-8-13/h2-9H,1H3,(H3,16,17). The van der Waals surface area contributed by atoms with E-state index in [0.29, 0.717) is 11.3 Å². The Labute approximate surface area is 122 Å². The van der Waals surface area contributed by atoms with Crippen LogP contribution in [-0.4, -0.2) is 21.3 Å². The Hall–Kier alpha value is -2.41.